The van der Waals surface area contributed by atoms with Crippen molar-refractivity contribution in [3.05, 3.63) is 53.6 Å². The average Bonchev–Trinajstić information content (AvgIpc) is 2.83. The van der Waals surface area contributed by atoms with Crippen LogP contribution in [0.15, 0.2) is 47.5 Å². The van der Waals surface area contributed by atoms with E-state index < -0.39 is 6.79 Å². The lowest BCUT2D eigenvalue weighted by Crippen LogP contribution is -2.22. The summed E-state index contributed by atoms with van der Waals surface area (Å²) in [6.07, 6.45) is 4.93. The van der Waals surface area contributed by atoms with Gasteiger partial charge in [0.1, 0.15) is 0 Å². The molecule has 0 saturated carbocycles. The highest BCUT2D eigenvalue weighted by Crippen LogP contribution is 2.37. The van der Waals surface area contributed by atoms with Gasteiger partial charge in [-0.25, -0.2) is 0 Å². The standard InChI is InChI=1S/C26H35N3O6/c1-16(2)19(7-9-20(31)8-5-17-6-10-22(32)23(13-17)34-4)11-18-12-21(29-26(27)28-3)25(33)24(14-18)35-15-30/h6-7,9-10,12-14,16,19,30,32-33H,5,8,11,15H2,1-4H3,(H3,27,28,29)/t19-/m0/s1. The van der Waals surface area contributed by atoms with Gasteiger partial charge in [0.2, 0.25) is 0 Å². The second kappa shape index (κ2) is 13.2. The Morgan fingerprint density at radius 1 is 1.17 bits per heavy atom. The van der Waals surface area contributed by atoms with Crippen LogP contribution in [0.5, 0.6) is 23.0 Å². The summed E-state index contributed by atoms with van der Waals surface area (Å²) < 4.78 is 10.3. The summed E-state index contributed by atoms with van der Waals surface area (Å²) in [4.78, 5) is 16.4. The smallest absolute Gasteiger partial charge is 0.192 e. The van der Waals surface area contributed by atoms with Crippen molar-refractivity contribution in [3.8, 4) is 23.0 Å². The zero-order valence-corrected chi connectivity index (χ0v) is 20.6. The minimum atomic E-state index is -0.595. The molecule has 0 bridgehead atoms. The monoisotopic (exact) mass is 485 g/mol. The number of anilines is 1. The van der Waals surface area contributed by atoms with E-state index in [0.717, 1.165) is 11.1 Å². The number of benzene rings is 2. The predicted molar refractivity (Wildman–Crippen MR) is 136 cm³/mol. The Bertz CT molecular complexity index is 1070. The van der Waals surface area contributed by atoms with Crippen LogP contribution in [0, 0.1) is 11.8 Å². The fourth-order valence-electron chi connectivity index (χ4n) is 3.51. The van der Waals surface area contributed by atoms with Gasteiger partial charge in [-0.3, -0.25) is 9.79 Å². The van der Waals surface area contributed by atoms with Crippen molar-refractivity contribution in [2.45, 2.75) is 33.1 Å². The molecule has 0 amide bonds. The van der Waals surface area contributed by atoms with Crippen molar-refractivity contribution in [2.24, 2.45) is 22.6 Å². The first-order valence-corrected chi connectivity index (χ1v) is 11.3. The quantitative estimate of drug-likeness (QED) is 0.101. The Morgan fingerprint density at radius 3 is 2.51 bits per heavy atom. The molecule has 0 aliphatic rings. The largest absolute Gasteiger partial charge is 0.504 e. The van der Waals surface area contributed by atoms with E-state index in [9.17, 15) is 20.1 Å². The summed E-state index contributed by atoms with van der Waals surface area (Å²) in [6.45, 7) is 3.53. The minimum Gasteiger partial charge on any atom is -0.504 e. The number of guanidine groups is 1. The molecule has 2 aromatic rings. The van der Waals surface area contributed by atoms with Crippen molar-refractivity contribution < 1.29 is 29.6 Å². The molecular formula is C26H35N3O6. The van der Waals surface area contributed by atoms with Gasteiger partial charge in [-0.15, -0.1) is 0 Å². The van der Waals surface area contributed by atoms with E-state index in [-0.39, 0.29) is 40.8 Å². The molecule has 1 atom stereocenters. The van der Waals surface area contributed by atoms with Gasteiger partial charge in [0.05, 0.1) is 12.8 Å². The minimum absolute atomic E-state index is 0.00742. The number of nitrogens with one attached hydrogen (secondary N) is 1. The number of nitrogens with two attached hydrogens (primary N) is 1. The summed E-state index contributed by atoms with van der Waals surface area (Å²) >= 11 is 0. The van der Waals surface area contributed by atoms with Gasteiger partial charge in [-0.05, 0) is 66.1 Å². The molecule has 0 fully saturated rings. The summed E-state index contributed by atoms with van der Waals surface area (Å²) in [5.41, 5.74) is 7.77. The number of methoxy groups -OCH3 is 1. The first-order chi connectivity index (χ1) is 16.7. The summed E-state index contributed by atoms with van der Waals surface area (Å²) in [5, 5.41) is 32.1. The number of aromatic hydroxyl groups is 2. The number of nitrogens with zero attached hydrogens (tertiary/aromatic N) is 1. The van der Waals surface area contributed by atoms with Crippen LogP contribution in [0.2, 0.25) is 0 Å². The van der Waals surface area contributed by atoms with Gasteiger partial charge in [0.15, 0.2) is 41.5 Å². The van der Waals surface area contributed by atoms with Crippen molar-refractivity contribution in [2.75, 3.05) is 26.3 Å². The van der Waals surface area contributed by atoms with E-state index in [2.05, 4.69) is 24.2 Å². The maximum atomic E-state index is 12.5. The Kier molecular flexibility index (Phi) is 10.4. The number of carbonyl (C=O) groups is 1. The lowest BCUT2D eigenvalue weighted by atomic mass is 9.88. The van der Waals surface area contributed by atoms with Crippen LogP contribution >= 0.6 is 0 Å². The van der Waals surface area contributed by atoms with E-state index >= 15 is 0 Å². The van der Waals surface area contributed by atoms with Crippen LogP contribution in [0.3, 0.4) is 0 Å². The number of hydrogen-bond donors (Lipinski definition) is 5. The van der Waals surface area contributed by atoms with Crippen LogP contribution in [0.4, 0.5) is 5.69 Å². The molecule has 9 nitrogen and oxygen atoms in total. The first-order valence-electron chi connectivity index (χ1n) is 11.3. The molecule has 0 heterocycles. The molecule has 0 aliphatic heterocycles. The molecule has 0 unspecified atom stereocenters. The van der Waals surface area contributed by atoms with Gasteiger partial charge in [-0.2, -0.15) is 0 Å². The van der Waals surface area contributed by atoms with Crippen LogP contribution < -0.4 is 20.5 Å². The first kappa shape index (κ1) is 27.5. The van der Waals surface area contributed by atoms with Crippen LogP contribution in [-0.4, -0.2) is 48.0 Å². The number of aliphatic hydroxyl groups excluding tert-OH is 1. The van der Waals surface area contributed by atoms with Gasteiger partial charge < -0.3 is 35.8 Å². The number of aryl methyl sites for hydroxylation is 1. The van der Waals surface area contributed by atoms with Crippen molar-refractivity contribution in [1.82, 2.24) is 0 Å². The molecule has 0 aliphatic carbocycles. The number of phenols is 2. The molecule has 0 radical (unpaired) electrons. The molecule has 6 N–H and O–H groups in total. The molecule has 0 aromatic heterocycles. The number of ether oxygens (including phenoxy) is 2. The van der Waals surface area contributed by atoms with E-state index in [1.54, 1.807) is 36.4 Å². The van der Waals surface area contributed by atoms with Crippen LogP contribution in [0.1, 0.15) is 31.4 Å². The maximum absolute atomic E-state index is 12.5. The number of ketones is 1. The number of allylic oxidation sites excluding steroid dienone is 2. The lowest BCUT2D eigenvalue weighted by Gasteiger charge is -2.19. The Hall–Kier alpha value is -3.72. The van der Waals surface area contributed by atoms with Gasteiger partial charge in [0.25, 0.3) is 0 Å². The van der Waals surface area contributed by atoms with Crippen molar-refractivity contribution in [1.29, 1.82) is 0 Å². The fraction of sp³-hybridized carbons (Fsp3) is 0.385. The SMILES string of the molecule is CN=C(N)Nc1cc(C[C@H](C=CC(=O)CCc2ccc(O)c(OC)c2)C(C)C)cc(OCO)c1O. The molecule has 190 valence electrons. The molecule has 0 spiro atoms. The maximum Gasteiger partial charge on any atom is 0.192 e. The van der Waals surface area contributed by atoms with E-state index in [1.165, 1.54) is 14.2 Å². The Balaban J connectivity index is 2.14. The third-order valence-corrected chi connectivity index (χ3v) is 5.62. The normalized spacial score (nSPS) is 12.7. The van der Waals surface area contributed by atoms with Crippen molar-refractivity contribution in [3.63, 3.8) is 0 Å². The third kappa shape index (κ3) is 8.22. The molecular weight excluding hydrogens is 450 g/mol. The predicted octanol–water partition coefficient (Wildman–Crippen LogP) is 3.36. The molecule has 2 aromatic carbocycles. The fourth-order valence-corrected chi connectivity index (χ4v) is 3.51. The van der Waals surface area contributed by atoms with Crippen LogP contribution in [-0.2, 0) is 17.6 Å². The summed E-state index contributed by atoms with van der Waals surface area (Å²) in [5.74, 6) is 0.739. The number of aliphatic imine (C=N–C) groups is 1. The summed E-state index contributed by atoms with van der Waals surface area (Å²) in [7, 11) is 3.00. The van der Waals surface area contributed by atoms with Gasteiger partial charge in [-0.1, -0.05) is 26.0 Å². The Labute approximate surface area is 205 Å². The van der Waals surface area contributed by atoms with Crippen molar-refractivity contribution >= 4 is 17.4 Å². The van der Waals surface area contributed by atoms with E-state index in [0.29, 0.717) is 30.7 Å². The van der Waals surface area contributed by atoms with Crippen LogP contribution in [0.25, 0.3) is 0 Å². The second-order valence-corrected chi connectivity index (χ2v) is 8.44. The molecule has 2 rings (SSSR count). The number of aliphatic hydroxyl groups is 1. The highest BCUT2D eigenvalue weighted by molar-refractivity contribution is 5.94. The highest BCUT2D eigenvalue weighted by atomic mass is 16.6. The number of hydrogen-bond acceptors (Lipinski definition) is 7. The zero-order valence-electron chi connectivity index (χ0n) is 20.6. The topological polar surface area (TPSA) is 147 Å². The third-order valence-electron chi connectivity index (χ3n) is 5.62. The molecule has 0 saturated heterocycles. The summed E-state index contributed by atoms with van der Waals surface area (Å²) in [6, 6.07) is 8.44. The highest BCUT2D eigenvalue weighted by Gasteiger charge is 2.17. The zero-order chi connectivity index (χ0) is 26.0. The van der Waals surface area contributed by atoms with E-state index in [4.69, 9.17) is 15.2 Å². The molecule has 35 heavy (non-hydrogen) atoms. The number of rotatable bonds is 12. The lowest BCUT2D eigenvalue weighted by molar-refractivity contribution is -0.114. The average molecular weight is 486 g/mol. The second-order valence-electron chi connectivity index (χ2n) is 8.44. The van der Waals surface area contributed by atoms with Gasteiger partial charge >= 0.3 is 0 Å². The molecule has 9 heteroatoms. The number of phenolic OH excluding ortho intramolecular Hbond substituents is 2. The van der Waals surface area contributed by atoms with Gasteiger partial charge in [0, 0.05) is 13.5 Å². The number of carbonyl (C=O) groups excluding carboxylic acids is 1. The van der Waals surface area contributed by atoms with E-state index in [1.807, 2.05) is 6.08 Å². The Morgan fingerprint density at radius 2 is 1.89 bits per heavy atom.